The molecule has 0 amide bonds. The fourth-order valence-electron chi connectivity index (χ4n) is 2.82. The van der Waals surface area contributed by atoms with Gasteiger partial charge in [-0.1, -0.05) is 23.2 Å². The zero-order valence-electron chi connectivity index (χ0n) is 15.6. The lowest BCUT2D eigenvalue weighted by molar-refractivity contribution is -0.384. The van der Waals surface area contributed by atoms with Crippen LogP contribution in [0.5, 0.6) is 0 Å². The highest BCUT2D eigenvalue weighted by Gasteiger charge is 2.15. The van der Waals surface area contributed by atoms with Gasteiger partial charge in [-0.3, -0.25) is 10.1 Å². The zero-order chi connectivity index (χ0) is 22.0. The SMILES string of the molecule is N#C/C(=C\c1ccc([N+](=O)[O-])cc1)c1nc(-c2ccc(-c3cc(Cl)ccc3Cl)o2)cs1. The van der Waals surface area contributed by atoms with Gasteiger partial charge in [-0.15, -0.1) is 11.3 Å². The largest absolute Gasteiger partial charge is 0.454 e. The number of aromatic nitrogens is 1. The lowest BCUT2D eigenvalue weighted by Gasteiger charge is -2.01. The van der Waals surface area contributed by atoms with E-state index in [9.17, 15) is 15.4 Å². The third-order valence-electron chi connectivity index (χ3n) is 4.32. The first-order valence-electron chi connectivity index (χ1n) is 8.82. The molecule has 0 saturated carbocycles. The van der Waals surface area contributed by atoms with Crippen molar-refractivity contribution in [3.8, 4) is 28.8 Å². The highest BCUT2D eigenvalue weighted by atomic mass is 35.5. The van der Waals surface area contributed by atoms with Crippen molar-refractivity contribution in [2.75, 3.05) is 0 Å². The Hall–Kier alpha value is -3.44. The van der Waals surface area contributed by atoms with Crippen LogP contribution >= 0.6 is 34.5 Å². The molecule has 0 radical (unpaired) electrons. The fraction of sp³-hybridized carbons (Fsp3) is 0. The quantitative estimate of drug-likeness (QED) is 0.173. The Balaban J connectivity index is 1.61. The standard InChI is InChI=1S/C22H11Cl2N3O3S/c23-15-3-6-18(24)17(10-15)20-7-8-21(30-20)19-12-31-22(26-19)14(11-25)9-13-1-4-16(5-2-13)27(28)29/h1-10,12H/b14-9+. The second-order valence-corrected chi connectivity index (χ2v) is 8.05. The Morgan fingerprint density at radius 3 is 2.58 bits per heavy atom. The molecule has 0 fully saturated rings. The Bertz CT molecular complexity index is 1350. The summed E-state index contributed by atoms with van der Waals surface area (Å²) in [6, 6.07) is 16.7. The summed E-state index contributed by atoms with van der Waals surface area (Å²) in [5, 5.41) is 23.7. The van der Waals surface area contributed by atoms with Crippen LogP contribution in [0.15, 0.2) is 64.4 Å². The number of non-ortho nitro benzene ring substituents is 1. The minimum absolute atomic E-state index is 0.0133. The van der Waals surface area contributed by atoms with Crippen LogP contribution < -0.4 is 0 Å². The summed E-state index contributed by atoms with van der Waals surface area (Å²) in [7, 11) is 0. The van der Waals surface area contributed by atoms with Crippen LogP contribution in [0.3, 0.4) is 0 Å². The number of nitro groups is 1. The Kier molecular flexibility index (Phi) is 5.87. The summed E-state index contributed by atoms with van der Waals surface area (Å²) in [5.74, 6) is 1.08. The normalized spacial score (nSPS) is 11.3. The van der Waals surface area contributed by atoms with Crippen molar-refractivity contribution in [3.05, 3.63) is 90.7 Å². The molecule has 0 spiro atoms. The molecule has 0 bridgehead atoms. The average molecular weight is 468 g/mol. The number of hydrogen-bond acceptors (Lipinski definition) is 6. The van der Waals surface area contributed by atoms with E-state index in [1.54, 1.807) is 53.9 Å². The number of hydrogen-bond donors (Lipinski definition) is 0. The van der Waals surface area contributed by atoms with Crippen molar-refractivity contribution < 1.29 is 9.34 Å². The van der Waals surface area contributed by atoms with Crippen molar-refractivity contribution >= 4 is 51.9 Å². The minimum Gasteiger partial charge on any atom is -0.454 e. The van der Waals surface area contributed by atoms with Gasteiger partial charge in [0.05, 0.1) is 15.5 Å². The first-order chi connectivity index (χ1) is 14.9. The Morgan fingerprint density at radius 1 is 1.13 bits per heavy atom. The van der Waals surface area contributed by atoms with Gasteiger partial charge in [0.15, 0.2) is 5.76 Å². The zero-order valence-corrected chi connectivity index (χ0v) is 17.9. The third kappa shape index (κ3) is 4.52. The maximum atomic E-state index is 10.8. The topological polar surface area (TPSA) is 93.0 Å². The van der Waals surface area contributed by atoms with E-state index in [0.29, 0.717) is 49.0 Å². The summed E-state index contributed by atoms with van der Waals surface area (Å²) in [6.07, 6.45) is 1.63. The molecule has 9 heteroatoms. The number of nitro benzene ring substituents is 1. The van der Waals surface area contributed by atoms with Crippen LogP contribution in [0.1, 0.15) is 10.6 Å². The highest BCUT2D eigenvalue weighted by molar-refractivity contribution is 7.11. The second kappa shape index (κ2) is 8.74. The maximum Gasteiger partial charge on any atom is 0.269 e. The van der Waals surface area contributed by atoms with Gasteiger partial charge in [0.2, 0.25) is 0 Å². The molecule has 0 aliphatic carbocycles. The van der Waals surface area contributed by atoms with Gasteiger partial charge >= 0.3 is 0 Å². The van der Waals surface area contributed by atoms with Crippen molar-refractivity contribution in [3.63, 3.8) is 0 Å². The van der Waals surface area contributed by atoms with E-state index in [4.69, 9.17) is 27.6 Å². The van der Waals surface area contributed by atoms with Gasteiger partial charge in [0, 0.05) is 28.1 Å². The Labute approximate surface area is 190 Å². The summed E-state index contributed by atoms with van der Waals surface area (Å²) in [6.45, 7) is 0. The Morgan fingerprint density at radius 2 is 1.87 bits per heavy atom. The monoisotopic (exact) mass is 467 g/mol. The minimum atomic E-state index is -0.472. The van der Waals surface area contributed by atoms with E-state index in [-0.39, 0.29) is 5.69 Å². The summed E-state index contributed by atoms with van der Waals surface area (Å²) < 4.78 is 5.91. The molecule has 6 nitrogen and oxygen atoms in total. The van der Waals surface area contributed by atoms with E-state index in [2.05, 4.69) is 11.1 Å². The lowest BCUT2D eigenvalue weighted by Crippen LogP contribution is -1.87. The second-order valence-electron chi connectivity index (χ2n) is 6.34. The van der Waals surface area contributed by atoms with E-state index in [0.717, 1.165) is 0 Å². The molecular weight excluding hydrogens is 457 g/mol. The molecule has 0 aliphatic rings. The summed E-state index contributed by atoms with van der Waals surface area (Å²) in [4.78, 5) is 14.8. The number of nitriles is 1. The van der Waals surface area contributed by atoms with Crippen molar-refractivity contribution in [2.24, 2.45) is 0 Å². The van der Waals surface area contributed by atoms with Gasteiger partial charge < -0.3 is 4.42 Å². The first kappa shape index (κ1) is 20.8. The van der Waals surface area contributed by atoms with E-state index in [1.807, 2.05) is 0 Å². The van der Waals surface area contributed by atoms with Crippen molar-refractivity contribution in [2.45, 2.75) is 0 Å². The number of nitrogens with zero attached hydrogens (tertiary/aromatic N) is 3. The van der Waals surface area contributed by atoms with Gasteiger partial charge in [-0.05, 0) is 54.1 Å². The van der Waals surface area contributed by atoms with Crippen LogP contribution in [0.4, 0.5) is 5.69 Å². The molecule has 0 aliphatic heterocycles. The molecule has 31 heavy (non-hydrogen) atoms. The smallest absolute Gasteiger partial charge is 0.269 e. The van der Waals surface area contributed by atoms with Gasteiger partial charge in [0.1, 0.15) is 22.5 Å². The van der Waals surface area contributed by atoms with E-state index < -0.39 is 4.92 Å². The molecular formula is C22H11Cl2N3O3S. The number of allylic oxidation sites excluding steroid dienone is 1. The van der Waals surface area contributed by atoms with E-state index >= 15 is 0 Å². The predicted octanol–water partition coefficient (Wildman–Crippen LogP) is 7.35. The van der Waals surface area contributed by atoms with Crippen molar-refractivity contribution in [1.29, 1.82) is 5.26 Å². The lowest BCUT2D eigenvalue weighted by atomic mass is 10.1. The number of rotatable bonds is 5. The maximum absolute atomic E-state index is 10.8. The summed E-state index contributed by atoms with van der Waals surface area (Å²) in [5.41, 5.74) is 2.24. The van der Waals surface area contributed by atoms with Gasteiger partial charge in [0.25, 0.3) is 5.69 Å². The highest BCUT2D eigenvalue weighted by Crippen LogP contribution is 2.35. The molecule has 0 unspecified atom stereocenters. The van der Waals surface area contributed by atoms with Crippen LogP contribution in [0.25, 0.3) is 34.4 Å². The van der Waals surface area contributed by atoms with Gasteiger partial charge in [-0.25, -0.2) is 4.98 Å². The molecule has 152 valence electrons. The van der Waals surface area contributed by atoms with Crippen LogP contribution in [-0.4, -0.2) is 9.91 Å². The molecule has 2 aromatic carbocycles. The average Bonchev–Trinajstić information content (AvgIpc) is 3.44. The molecule has 2 heterocycles. The molecule has 0 atom stereocenters. The third-order valence-corrected chi connectivity index (χ3v) is 5.76. The van der Waals surface area contributed by atoms with E-state index in [1.165, 1.54) is 23.5 Å². The number of halogens is 2. The van der Waals surface area contributed by atoms with Crippen LogP contribution in [-0.2, 0) is 0 Å². The van der Waals surface area contributed by atoms with Crippen LogP contribution in [0.2, 0.25) is 10.0 Å². The van der Waals surface area contributed by atoms with Crippen LogP contribution in [0, 0.1) is 21.4 Å². The van der Waals surface area contributed by atoms with Crippen molar-refractivity contribution in [1.82, 2.24) is 4.98 Å². The number of furan rings is 1. The molecule has 0 N–H and O–H groups in total. The number of thiazole rings is 1. The number of benzene rings is 2. The molecule has 4 aromatic rings. The van der Waals surface area contributed by atoms with Gasteiger partial charge in [-0.2, -0.15) is 5.26 Å². The summed E-state index contributed by atoms with van der Waals surface area (Å²) >= 11 is 13.6. The molecule has 0 saturated heterocycles. The molecule has 2 aromatic heterocycles. The predicted molar refractivity (Wildman–Crippen MR) is 122 cm³/mol. The fourth-order valence-corrected chi connectivity index (χ4v) is 3.98. The molecule has 4 rings (SSSR count). The first-order valence-corrected chi connectivity index (χ1v) is 10.5.